The van der Waals surface area contributed by atoms with Gasteiger partial charge in [0, 0.05) is 19.3 Å². The van der Waals surface area contributed by atoms with Gasteiger partial charge in [-0.3, -0.25) is 4.99 Å². The Morgan fingerprint density at radius 2 is 1.78 bits per heavy atom. The van der Waals surface area contributed by atoms with Crippen LogP contribution < -0.4 is 10.6 Å². The summed E-state index contributed by atoms with van der Waals surface area (Å²) in [5.74, 6) is 1.55. The fraction of sp³-hybridized carbons (Fsp3) is 0.455. The maximum atomic E-state index is 6.62. The van der Waals surface area contributed by atoms with E-state index < -0.39 is 0 Å². The third-order valence-corrected chi connectivity index (χ3v) is 5.48. The van der Waals surface area contributed by atoms with Crippen LogP contribution in [0.1, 0.15) is 37.7 Å². The van der Waals surface area contributed by atoms with Crippen molar-refractivity contribution in [2.75, 3.05) is 31.2 Å². The van der Waals surface area contributed by atoms with Gasteiger partial charge < -0.3 is 15.4 Å². The highest BCUT2D eigenvalue weighted by Crippen LogP contribution is 2.31. The number of nitrogens with zero attached hydrogens (tertiary/aromatic N) is 3. The lowest BCUT2D eigenvalue weighted by molar-refractivity contribution is 0.122. The van der Waals surface area contributed by atoms with Crippen molar-refractivity contribution in [2.45, 2.75) is 38.1 Å². The molecule has 5 nitrogen and oxygen atoms in total. The topological polar surface area (TPSA) is 63.7 Å². The molecule has 1 aliphatic carbocycles. The van der Waals surface area contributed by atoms with Gasteiger partial charge in [-0.1, -0.05) is 49.6 Å². The van der Waals surface area contributed by atoms with Crippen molar-refractivity contribution in [2.24, 2.45) is 10.7 Å². The van der Waals surface area contributed by atoms with E-state index in [0.29, 0.717) is 11.9 Å². The van der Waals surface area contributed by atoms with E-state index in [-0.39, 0.29) is 0 Å². The summed E-state index contributed by atoms with van der Waals surface area (Å²) in [5.41, 5.74) is 9.84. The Morgan fingerprint density at radius 1 is 1.04 bits per heavy atom. The molecule has 2 fully saturated rings. The lowest BCUT2D eigenvalue weighted by Gasteiger charge is -2.30. The zero-order valence-electron chi connectivity index (χ0n) is 15.8. The van der Waals surface area contributed by atoms with E-state index in [4.69, 9.17) is 20.4 Å². The molecular weight excluding hydrogens is 336 g/mol. The van der Waals surface area contributed by atoms with E-state index >= 15 is 0 Å². The quantitative estimate of drug-likeness (QED) is 0.665. The van der Waals surface area contributed by atoms with Crippen LogP contribution in [0.2, 0.25) is 0 Å². The lowest BCUT2D eigenvalue weighted by atomic mass is 9.95. The first-order chi connectivity index (χ1) is 13.3. The lowest BCUT2D eigenvalue weighted by Crippen LogP contribution is -2.38. The van der Waals surface area contributed by atoms with E-state index in [0.717, 1.165) is 61.7 Å². The average Bonchev–Trinajstić information content (AvgIpc) is 2.75. The highest BCUT2D eigenvalue weighted by atomic mass is 16.5. The number of hydrogen-bond acceptors (Lipinski definition) is 4. The van der Waals surface area contributed by atoms with Gasteiger partial charge in [-0.2, -0.15) is 0 Å². The summed E-state index contributed by atoms with van der Waals surface area (Å²) in [6.45, 7) is 3.09. The van der Waals surface area contributed by atoms with E-state index in [2.05, 4.69) is 35.2 Å². The van der Waals surface area contributed by atoms with Crippen molar-refractivity contribution in [3.05, 3.63) is 48.2 Å². The number of hydrogen-bond donors (Lipinski definition) is 1. The van der Waals surface area contributed by atoms with E-state index in [9.17, 15) is 0 Å². The second-order valence-electron chi connectivity index (χ2n) is 7.33. The van der Waals surface area contributed by atoms with Crippen LogP contribution >= 0.6 is 0 Å². The highest BCUT2D eigenvalue weighted by molar-refractivity contribution is 6.07. The highest BCUT2D eigenvalue weighted by Gasteiger charge is 2.23. The van der Waals surface area contributed by atoms with Crippen LogP contribution in [0.15, 0.2) is 47.6 Å². The Balaban J connectivity index is 1.78. The van der Waals surface area contributed by atoms with Crippen LogP contribution in [-0.4, -0.2) is 43.2 Å². The summed E-state index contributed by atoms with van der Waals surface area (Å²) < 4.78 is 5.53. The number of nitrogens with two attached hydrogens (primary N) is 1. The summed E-state index contributed by atoms with van der Waals surface area (Å²) in [4.78, 5) is 11.9. The van der Waals surface area contributed by atoms with Crippen LogP contribution in [0.5, 0.6) is 0 Å². The fourth-order valence-electron chi connectivity index (χ4n) is 4.05. The Kier molecular flexibility index (Phi) is 5.68. The van der Waals surface area contributed by atoms with Gasteiger partial charge in [-0.25, -0.2) is 4.98 Å². The maximum absolute atomic E-state index is 6.62. The van der Waals surface area contributed by atoms with E-state index in [1.165, 1.54) is 19.3 Å². The number of benzene rings is 1. The number of morpholine rings is 1. The van der Waals surface area contributed by atoms with Crippen molar-refractivity contribution >= 4 is 11.7 Å². The minimum Gasteiger partial charge on any atom is -0.383 e. The maximum Gasteiger partial charge on any atom is 0.140 e. The molecule has 1 saturated heterocycles. The number of ether oxygens (including phenoxy) is 1. The van der Waals surface area contributed by atoms with Gasteiger partial charge in [0.2, 0.25) is 0 Å². The van der Waals surface area contributed by atoms with Gasteiger partial charge in [0.1, 0.15) is 11.7 Å². The fourth-order valence-corrected chi connectivity index (χ4v) is 4.05. The van der Waals surface area contributed by atoms with Crippen LogP contribution in [0.25, 0.3) is 11.1 Å². The number of amidine groups is 1. The molecule has 1 saturated carbocycles. The molecule has 27 heavy (non-hydrogen) atoms. The Bertz CT molecular complexity index is 778. The molecule has 1 aromatic carbocycles. The third-order valence-electron chi connectivity index (χ3n) is 5.48. The summed E-state index contributed by atoms with van der Waals surface area (Å²) in [6.07, 6.45) is 7.95. The number of rotatable bonds is 4. The Labute approximate surface area is 161 Å². The molecule has 142 valence electrons. The molecule has 0 spiro atoms. The Morgan fingerprint density at radius 3 is 2.52 bits per heavy atom. The van der Waals surface area contributed by atoms with Crippen LogP contribution in [0.3, 0.4) is 0 Å². The number of aromatic nitrogens is 1. The van der Waals surface area contributed by atoms with Gasteiger partial charge in [0.25, 0.3) is 0 Å². The van der Waals surface area contributed by atoms with Crippen molar-refractivity contribution in [1.29, 1.82) is 0 Å². The minimum absolute atomic E-state index is 0.333. The molecule has 0 bridgehead atoms. The summed E-state index contributed by atoms with van der Waals surface area (Å²) in [7, 11) is 0. The molecule has 0 amide bonds. The molecule has 0 atom stereocenters. The molecule has 2 N–H and O–H groups in total. The average molecular weight is 364 g/mol. The van der Waals surface area contributed by atoms with Gasteiger partial charge in [0.15, 0.2) is 0 Å². The molecule has 0 unspecified atom stereocenters. The van der Waals surface area contributed by atoms with Crippen molar-refractivity contribution in [3.8, 4) is 11.1 Å². The second-order valence-corrected chi connectivity index (χ2v) is 7.33. The standard InChI is InChI=1S/C22H28N4O/c23-21(25-18-9-5-2-6-10-18)20-19(17-7-3-1-4-8-17)11-12-24-22(20)26-13-15-27-16-14-26/h1,3-4,7-8,11-12,18H,2,5-6,9-10,13-16H2,(H2,23,25). The normalized spacial score (nSPS) is 19.3. The van der Waals surface area contributed by atoms with Gasteiger partial charge in [-0.15, -0.1) is 0 Å². The molecule has 2 aromatic rings. The molecule has 4 rings (SSSR count). The summed E-state index contributed by atoms with van der Waals surface area (Å²) in [5, 5.41) is 0. The number of pyridine rings is 1. The zero-order valence-corrected chi connectivity index (χ0v) is 15.8. The van der Waals surface area contributed by atoms with Crippen LogP contribution in [-0.2, 0) is 4.74 Å². The van der Waals surface area contributed by atoms with Crippen molar-refractivity contribution in [1.82, 2.24) is 4.98 Å². The first-order valence-electron chi connectivity index (χ1n) is 10.0. The first-order valence-corrected chi connectivity index (χ1v) is 10.0. The minimum atomic E-state index is 0.333. The predicted octanol–water partition coefficient (Wildman–Crippen LogP) is 3.62. The molecule has 2 aliphatic rings. The Hall–Kier alpha value is -2.40. The van der Waals surface area contributed by atoms with Crippen molar-refractivity contribution < 1.29 is 4.74 Å². The van der Waals surface area contributed by atoms with Crippen LogP contribution in [0.4, 0.5) is 5.82 Å². The molecule has 1 aliphatic heterocycles. The monoisotopic (exact) mass is 364 g/mol. The van der Waals surface area contributed by atoms with Gasteiger partial charge in [-0.05, 0) is 30.0 Å². The molecule has 2 heterocycles. The second kappa shape index (κ2) is 8.53. The zero-order chi connectivity index (χ0) is 18.5. The smallest absolute Gasteiger partial charge is 0.140 e. The molecule has 5 heteroatoms. The summed E-state index contributed by atoms with van der Waals surface area (Å²) in [6, 6.07) is 12.8. The van der Waals surface area contributed by atoms with Crippen LogP contribution in [0, 0.1) is 0 Å². The van der Waals surface area contributed by atoms with Crippen molar-refractivity contribution in [3.63, 3.8) is 0 Å². The predicted molar refractivity (Wildman–Crippen MR) is 110 cm³/mol. The van der Waals surface area contributed by atoms with E-state index in [1.807, 2.05) is 12.3 Å². The third kappa shape index (κ3) is 4.14. The molecule has 0 radical (unpaired) electrons. The van der Waals surface area contributed by atoms with E-state index in [1.54, 1.807) is 0 Å². The SMILES string of the molecule is NC(=NC1CCCCC1)c1c(-c2ccccc2)ccnc1N1CCOCC1. The van der Waals surface area contributed by atoms with Gasteiger partial charge >= 0.3 is 0 Å². The van der Waals surface area contributed by atoms with Gasteiger partial charge in [0.05, 0.1) is 24.8 Å². The molecular formula is C22H28N4O. The largest absolute Gasteiger partial charge is 0.383 e. The number of anilines is 1. The molecule has 1 aromatic heterocycles. The first kappa shape index (κ1) is 18.0. The summed E-state index contributed by atoms with van der Waals surface area (Å²) >= 11 is 0. The number of aliphatic imine (C=N–C) groups is 1.